The molecular weight excluding hydrogens is 370 g/mol. The average molecular weight is 391 g/mol. The fraction of sp³-hybridized carbons (Fsp3) is 0.0870. The first-order valence-corrected chi connectivity index (χ1v) is 10.3. The lowest BCUT2D eigenvalue weighted by Gasteiger charge is -2.23. The number of carbonyl (C=O) groups excluding carboxylic acids is 1. The number of anilines is 1. The standard InChI is InChI=1S/C23H21NO3S/c1-19-12-14-23(15-13-19)28(26,27)24(22-11-5-9-21(17-22)18-25)16-6-10-20-7-3-2-4-8-20/h2-15,17-18H,16H2,1H3/b10-6+. The summed E-state index contributed by atoms with van der Waals surface area (Å²) >= 11 is 0. The van der Waals surface area contributed by atoms with Gasteiger partial charge in [0.2, 0.25) is 0 Å². The summed E-state index contributed by atoms with van der Waals surface area (Å²) in [6, 6.07) is 23.0. The molecule has 0 heterocycles. The van der Waals surface area contributed by atoms with Crippen LogP contribution in [0.25, 0.3) is 6.08 Å². The van der Waals surface area contributed by atoms with Crippen molar-refractivity contribution in [1.82, 2.24) is 0 Å². The molecular formula is C23H21NO3S. The summed E-state index contributed by atoms with van der Waals surface area (Å²) in [6.07, 6.45) is 4.38. The molecule has 0 fully saturated rings. The van der Waals surface area contributed by atoms with E-state index >= 15 is 0 Å². The Kier molecular flexibility index (Phi) is 6.06. The molecule has 0 spiro atoms. The second-order valence-electron chi connectivity index (χ2n) is 6.38. The summed E-state index contributed by atoms with van der Waals surface area (Å²) in [4.78, 5) is 11.4. The highest BCUT2D eigenvalue weighted by Gasteiger charge is 2.24. The predicted octanol–water partition coefficient (Wildman–Crippen LogP) is 4.72. The monoisotopic (exact) mass is 391 g/mol. The number of hydrogen-bond acceptors (Lipinski definition) is 3. The number of nitrogens with zero attached hydrogens (tertiary/aromatic N) is 1. The van der Waals surface area contributed by atoms with Crippen LogP contribution in [0.2, 0.25) is 0 Å². The predicted molar refractivity (Wildman–Crippen MR) is 113 cm³/mol. The summed E-state index contributed by atoms with van der Waals surface area (Å²) in [7, 11) is -3.78. The molecule has 28 heavy (non-hydrogen) atoms. The van der Waals surface area contributed by atoms with Crippen molar-refractivity contribution in [1.29, 1.82) is 0 Å². The van der Waals surface area contributed by atoms with Crippen molar-refractivity contribution < 1.29 is 13.2 Å². The molecule has 0 aliphatic heterocycles. The zero-order valence-corrected chi connectivity index (χ0v) is 16.3. The van der Waals surface area contributed by atoms with Gasteiger partial charge in [0.25, 0.3) is 10.0 Å². The van der Waals surface area contributed by atoms with Crippen molar-refractivity contribution in [3.8, 4) is 0 Å². The van der Waals surface area contributed by atoms with Gasteiger partial charge < -0.3 is 0 Å². The van der Waals surface area contributed by atoms with Gasteiger partial charge in [-0.15, -0.1) is 0 Å². The smallest absolute Gasteiger partial charge is 0.264 e. The summed E-state index contributed by atoms with van der Waals surface area (Å²) in [6.45, 7) is 2.05. The summed E-state index contributed by atoms with van der Waals surface area (Å²) in [5, 5.41) is 0. The Morgan fingerprint density at radius 1 is 0.857 bits per heavy atom. The van der Waals surface area contributed by atoms with Gasteiger partial charge in [0.1, 0.15) is 6.29 Å². The molecule has 3 aromatic carbocycles. The molecule has 4 nitrogen and oxygen atoms in total. The van der Waals surface area contributed by atoms with Gasteiger partial charge in [0, 0.05) is 5.56 Å². The van der Waals surface area contributed by atoms with Gasteiger partial charge in [0.15, 0.2) is 0 Å². The zero-order valence-electron chi connectivity index (χ0n) is 15.5. The molecule has 3 aromatic rings. The highest BCUT2D eigenvalue weighted by atomic mass is 32.2. The number of hydrogen-bond donors (Lipinski definition) is 0. The Morgan fingerprint density at radius 3 is 2.21 bits per heavy atom. The summed E-state index contributed by atoms with van der Waals surface area (Å²) < 4.78 is 27.9. The fourth-order valence-corrected chi connectivity index (χ4v) is 4.19. The van der Waals surface area contributed by atoms with Crippen LogP contribution in [0.5, 0.6) is 0 Å². The Labute approximate surface area is 165 Å². The minimum atomic E-state index is -3.78. The maximum absolute atomic E-state index is 13.3. The van der Waals surface area contributed by atoms with Crippen molar-refractivity contribution in [2.75, 3.05) is 10.8 Å². The minimum absolute atomic E-state index is 0.146. The maximum atomic E-state index is 13.3. The van der Waals surface area contributed by atoms with Crippen LogP contribution in [-0.2, 0) is 10.0 Å². The van der Waals surface area contributed by atoms with E-state index in [9.17, 15) is 13.2 Å². The lowest BCUT2D eigenvalue weighted by Crippen LogP contribution is -2.31. The Morgan fingerprint density at radius 2 is 1.54 bits per heavy atom. The van der Waals surface area contributed by atoms with E-state index in [4.69, 9.17) is 0 Å². The van der Waals surface area contributed by atoms with Crippen LogP contribution in [0.3, 0.4) is 0 Å². The van der Waals surface area contributed by atoms with E-state index in [2.05, 4.69) is 0 Å². The first-order chi connectivity index (χ1) is 13.5. The van der Waals surface area contributed by atoms with Crippen molar-refractivity contribution in [3.05, 3.63) is 102 Å². The van der Waals surface area contributed by atoms with Gasteiger partial charge in [-0.1, -0.05) is 72.3 Å². The van der Waals surface area contributed by atoms with E-state index in [0.717, 1.165) is 11.1 Å². The molecule has 0 N–H and O–H groups in total. The van der Waals surface area contributed by atoms with Crippen LogP contribution in [0.4, 0.5) is 5.69 Å². The molecule has 0 aromatic heterocycles. The van der Waals surface area contributed by atoms with Gasteiger partial charge in [-0.2, -0.15) is 0 Å². The lowest BCUT2D eigenvalue weighted by molar-refractivity contribution is 0.112. The molecule has 0 saturated heterocycles. The number of carbonyl (C=O) groups is 1. The number of rotatable bonds is 7. The second-order valence-corrected chi connectivity index (χ2v) is 8.24. The molecule has 0 aliphatic rings. The van der Waals surface area contributed by atoms with E-state index in [-0.39, 0.29) is 11.4 Å². The minimum Gasteiger partial charge on any atom is -0.298 e. The normalized spacial score (nSPS) is 11.5. The number of benzene rings is 3. The van der Waals surface area contributed by atoms with E-state index < -0.39 is 10.0 Å². The van der Waals surface area contributed by atoms with Crippen LogP contribution in [0, 0.1) is 6.92 Å². The van der Waals surface area contributed by atoms with Crippen LogP contribution in [0.1, 0.15) is 21.5 Å². The Balaban J connectivity index is 1.99. The molecule has 0 amide bonds. The highest BCUT2D eigenvalue weighted by molar-refractivity contribution is 7.92. The van der Waals surface area contributed by atoms with Crippen molar-refractivity contribution in [3.63, 3.8) is 0 Å². The van der Waals surface area contributed by atoms with E-state index in [1.165, 1.54) is 4.31 Å². The molecule has 0 aliphatic carbocycles. The highest BCUT2D eigenvalue weighted by Crippen LogP contribution is 2.25. The molecule has 142 valence electrons. The summed E-state index contributed by atoms with van der Waals surface area (Å²) in [5.41, 5.74) is 2.84. The van der Waals surface area contributed by atoms with Crippen LogP contribution < -0.4 is 4.31 Å². The third-order valence-electron chi connectivity index (χ3n) is 4.28. The number of aryl methyl sites for hydroxylation is 1. The molecule has 5 heteroatoms. The van der Waals surface area contributed by atoms with Gasteiger partial charge in [-0.05, 0) is 36.8 Å². The average Bonchev–Trinajstić information content (AvgIpc) is 2.72. The second kappa shape index (κ2) is 8.67. The first-order valence-electron chi connectivity index (χ1n) is 8.87. The SMILES string of the molecule is Cc1ccc(S(=O)(=O)N(C/C=C/c2ccccc2)c2cccc(C=O)c2)cc1. The third-order valence-corrected chi connectivity index (χ3v) is 6.09. The Hall–Kier alpha value is -3.18. The van der Waals surface area contributed by atoms with Crippen LogP contribution >= 0.6 is 0 Å². The fourth-order valence-electron chi connectivity index (χ4n) is 2.78. The van der Waals surface area contributed by atoms with Gasteiger partial charge in [0.05, 0.1) is 17.1 Å². The molecule has 0 saturated carbocycles. The van der Waals surface area contributed by atoms with Crippen molar-refractivity contribution in [2.45, 2.75) is 11.8 Å². The van der Waals surface area contributed by atoms with Crippen molar-refractivity contribution >= 4 is 28.1 Å². The van der Waals surface area contributed by atoms with Gasteiger partial charge in [-0.25, -0.2) is 8.42 Å². The molecule has 0 atom stereocenters. The molecule has 0 unspecified atom stereocenters. The van der Waals surface area contributed by atoms with E-state index in [0.29, 0.717) is 17.5 Å². The van der Waals surface area contributed by atoms with E-state index in [1.807, 2.05) is 43.3 Å². The zero-order chi connectivity index (χ0) is 20.0. The lowest BCUT2D eigenvalue weighted by atomic mass is 10.2. The quantitative estimate of drug-likeness (QED) is 0.548. The molecule has 3 rings (SSSR count). The number of aldehydes is 1. The largest absolute Gasteiger partial charge is 0.298 e. The maximum Gasteiger partial charge on any atom is 0.264 e. The van der Waals surface area contributed by atoms with Gasteiger partial charge in [-0.3, -0.25) is 9.10 Å². The van der Waals surface area contributed by atoms with Crippen LogP contribution in [-0.4, -0.2) is 21.2 Å². The third kappa shape index (κ3) is 4.56. The van der Waals surface area contributed by atoms with E-state index in [1.54, 1.807) is 54.6 Å². The topological polar surface area (TPSA) is 54.5 Å². The Bertz CT molecular complexity index is 1070. The van der Waals surface area contributed by atoms with Crippen LogP contribution in [0.15, 0.2) is 89.8 Å². The van der Waals surface area contributed by atoms with Crippen molar-refractivity contribution in [2.24, 2.45) is 0 Å². The number of sulfonamides is 1. The molecule has 0 radical (unpaired) electrons. The molecule has 0 bridgehead atoms. The first kappa shape index (κ1) is 19.6. The van der Waals surface area contributed by atoms with Gasteiger partial charge >= 0.3 is 0 Å². The summed E-state index contributed by atoms with van der Waals surface area (Å²) in [5.74, 6) is 0.